The number of aliphatic hydroxyl groups is 1. The summed E-state index contributed by atoms with van der Waals surface area (Å²) in [6.07, 6.45) is 0.477. The SMILES string of the molecule is CCC(C)OCC(O)c1ccc2c(c1)OCO2. The molecule has 0 radical (unpaired) electrons. The lowest BCUT2D eigenvalue weighted by Crippen LogP contribution is -2.13. The molecule has 4 nitrogen and oxygen atoms in total. The summed E-state index contributed by atoms with van der Waals surface area (Å²) >= 11 is 0. The standard InChI is InChI=1S/C13H18O4/c1-3-9(2)15-7-11(14)10-4-5-12-13(6-10)17-8-16-12/h4-6,9,11,14H,3,7-8H2,1-2H3. The molecule has 94 valence electrons. The van der Waals surface area contributed by atoms with Gasteiger partial charge in [0.1, 0.15) is 6.10 Å². The van der Waals surface area contributed by atoms with Crippen LogP contribution in [0.4, 0.5) is 0 Å². The topological polar surface area (TPSA) is 47.9 Å². The Kier molecular flexibility index (Phi) is 3.86. The van der Waals surface area contributed by atoms with E-state index in [9.17, 15) is 5.11 Å². The average molecular weight is 238 g/mol. The highest BCUT2D eigenvalue weighted by Crippen LogP contribution is 2.34. The lowest BCUT2D eigenvalue weighted by atomic mass is 10.1. The smallest absolute Gasteiger partial charge is 0.231 e. The lowest BCUT2D eigenvalue weighted by Gasteiger charge is -2.15. The first-order valence-electron chi connectivity index (χ1n) is 5.90. The fourth-order valence-corrected chi connectivity index (χ4v) is 1.59. The van der Waals surface area contributed by atoms with Crippen LogP contribution in [0.25, 0.3) is 0 Å². The number of aliphatic hydroxyl groups excluding tert-OH is 1. The molecule has 2 rings (SSSR count). The van der Waals surface area contributed by atoms with Gasteiger partial charge >= 0.3 is 0 Å². The number of ether oxygens (including phenoxy) is 3. The van der Waals surface area contributed by atoms with Gasteiger partial charge in [0.25, 0.3) is 0 Å². The summed E-state index contributed by atoms with van der Waals surface area (Å²) in [5.41, 5.74) is 0.789. The van der Waals surface area contributed by atoms with Gasteiger partial charge in [-0.25, -0.2) is 0 Å². The Balaban J connectivity index is 1.97. The normalized spacial score (nSPS) is 16.9. The van der Waals surface area contributed by atoms with E-state index in [1.165, 1.54) is 0 Å². The minimum Gasteiger partial charge on any atom is -0.454 e. The molecule has 2 unspecified atom stereocenters. The molecule has 0 saturated carbocycles. The fourth-order valence-electron chi connectivity index (χ4n) is 1.59. The molecule has 1 aliphatic heterocycles. The molecule has 4 heteroatoms. The van der Waals surface area contributed by atoms with Crippen molar-refractivity contribution in [3.05, 3.63) is 23.8 Å². The number of fused-ring (bicyclic) bond motifs is 1. The van der Waals surface area contributed by atoms with E-state index in [4.69, 9.17) is 14.2 Å². The summed E-state index contributed by atoms with van der Waals surface area (Å²) in [6, 6.07) is 5.44. The van der Waals surface area contributed by atoms with Gasteiger partial charge in [0.05, 0.1) is 12.7 Å². The quantitative estimate of drug-likeness (QED) is 0.854. The summed E-state index contributed by atoms with van der Waals surface area (Å²) in [6.45, 7) is 4.59. The zero-order valence-corrected chi connectivity index (χ0v) is 10.2. The molecular weight excluding hydrogens is 220 g/mol. The van der Waals surface area contributed by atoms with E-state index in [0.29, 0.717) is 12.4 Å². The van der Waals surface area contributed by atoms with Crippen LogP contribution in [0, 0.1) is 0 Å². The maximum Gasteiger partial charge on any atom is 0.231 e. The number of rotatable bonds is 5. The van der Waals surface area contributed by atoms with Crippen molar-refractivity contribution in [3.63, 3.8) is 0 Å². The second-order valence-corrected chi connectivity index (χ2v) is 4.18. The van der Waals surface area contributed by atoms with Gasteiger partial charge in [0.15, 0.2) is 11.5 Å². The summed E-state index contributed by atoms with van der Waals surface area (Å²) in [5.74, 6) is 1.41. The first-order valence-corrected chi connectivity index (χ1v) is 5.90. The van der Waals surface area contributed by atoms with Crippen LogP contribution >= 0.6 is 0 Å². The summed E-state index contributed by atoms with van der Waals surface area (Å²) in [5, 5.41) is 9.97. The number of hydrogen-bond acceptors (Lipinski definition) is 4. The Morgan fingerprint density at radius 2 is 2.12 bits per heavy atom. The van der Waals surface area contributed by atoms with Crippen LogP contribution in [0.1, 0.15) is 31.9 Å². The van der Waals surface area contributed by atoms with Crippen molar-refractivity contribution in [2.75, 3.05) is 13.4 Å². The van der Waals surface area contributed by atoms with Gasteiger partial charge in [-0.1, -0.05) is 13.0 Å². The van der Waals surface area contributed by atoms with E-state index in [1.807, 2.05) is 19.1 Å². The number of benzene rings is 1. The molecule has 0 spiro atoms. The van der Waals surface area contributed by atoms with Crippen LogP contribution in [-0.2, 0) is 4.74 Å². The Bertz CT molecular complexity index is 378. The molecule has 1 heterocycles. The van der Waals surface area contributed by atoms with Crippen LogP contribution in [0.5, 0.6) is 11.5 Å². The molecule has 17 heavy (non-hydrogen) atoms. The summed E-state index contributed by atoms with van der Waals surface area (Å²) in [4.78, 5) is 0. The van der Waals surface area contributed by atoms with Crippen molar-refractivity contribution in [3.8, 4) is 11.5 Å². The maximum atomic E-state index is 9.97. The fraction of sp³-hybridized carbons (Fsp3) is 0.538. The molecule has 0 saturated heterocycles. The minimum atomic E-state index is -0.626. The van der Waals surface area contributed by atoms with Crippen molar-refractivity contribution >= 4 is 0 Å². The highest BCUT2D eigenvalue weighted by molar-refractivity contribution is 5.45. The minimum absolute atomic E-state index is 0.165. The van der Waals surface area contributed by atoms with Gasteiger partial charge < -0.3 is 19.3 Å². The lowest BCUT2D eigenvalue weighted by molar-refractivity contribution is -0.00379. The molecule has 0 amide bonds. The van der Waals surface area contributed by atoms with E-state index in [2.05, 4.69) is 6.92 Å². The van der Waals surface area contributed by atoms with Gasteiger partial charge in [0, 0.05) is 0 Å². The third kappa shape index (κ3) is 2.90. The first-order chi connectivity index (χ1) is 8.20. The highest BCUT2D eigenvalue weighted by Gasteiger charge is 2.17. The molecule has 0 aliphatic carbocycles. The van der Waals surface area contributed by atoms with E-state index in [-0.39, 0.29) is 12.9 Å². The van der Waals surface area contributed by atoms with Crippen LogP contribution in [0.3, 0.4) is 0 Å². The zero-order valence-electron chi connectivity index (χ0n) is 10.2. The van der Waals surface area contributed by atoms with E-state index in [1.54, 1.807) is 6.07 Å². The summed E-state index contributed by atoms with van der Waals surface area (Å²) in [7, 11) is 0. The monoisotopic (exact) mass is 238 g/mol. The van der Waals surface area contributed by atoms with Gasteiger partial charge in [-0.3, -0.25) is 0 Å². The van der Waals surface area contributed by atoms with Gasteiger partial charge in [-0.15, -0.1) is 0 Å². The number of hydrogen-bond donors (Lipinski definition) is 1. The third-order valence-corrected chi connectivity index (χ3v) is 2.89. The van der Waals surface area contributed by atoms with Crippen LogP contribution in [-0.4, -0.2) is 24.6 Å². The first kappa shape index (κ1) is 12.2. The van der Waals surface area contributed by atoms with E-state index >= 15 is 0 Å². The van der Waals surface area contributed by atoms with Crippen LogP contribution in [0.2, 0.25) is 0 Å². The van der Waals surface area contributed by atoms with Crippen molar-refractivity contribution in [2.45, 2.75) is 32.5 Å². The average Bonchev–Trinajstić information content (AvgIpc) is 2.82. The molecule has 0 aromatic heterocycles. The van der Waals surface area contributed by atoms with Crippen molar-refractivity contribution in [2.24, 2.45) is 0 Å². The Hall–Kier alpha value is -1.26. The summed E-state index contributed by atoms with van der Waals surface area (Å²) < 4.78 is 16.0. The van der Waals surface area contributed by atoms with Crippen LogP contribution < -0.4 is 9.47 Å². The van der Waals surface area contributed by atoms with Gasteiger partial charge in [-0.05, 0) is 31.0 Å². The van der Waals surface area contributed by atoms with E-state index in [0.717, 1.165) is 17.7 Å². The molecule has 0 bridgehead atoms. The Morgan fingerprint density at radius 3 is 2.88 bits per heavy atom. The third-order valence-electron chi connectivity index (χ3n) is 2.89. The van der Waals surface area contributed by atoms with Gasteiger partial charge in [0.2, 0.25) is 6.79 Å². The van der Waals surface area contributed by atoms with Crippen molar-refractivity contribution < 1.29 is 19.3 Å². The Labute approximate surface area is 101 Å². The second-order valence-electron chi connectivity index (χ2n) is 4.18. The Morgan fingerprint density at radius 1 is 1.35 bits per heavy atom. The molecule has 1 aliphatic rings. The zero-order chi connectivity index (χ0) is 12.3. The predicted octanol–water partition coefficient (Wildman–Crippen LogP) is 2.26. The molecule has 1 N–H and O–H groups in total. The molecule has 2 atom stereocenters. The second kappa shape index (κ2) is 5.38. The maximum absolute atomic E-state index is 9.97. The molecule has 1 aromatic carbocycles. The van der Waals surface area contributed by atoms with E-state index < -0.39 is 6.10 Å². The van der Waals surface area contributed by atoms with Gasteiger partial charge in [-0.2, -0.15) is 0 Å². The molecule has 0 fully saturated rings. The molecule has 1 aromatic rings. The highest BCUT2D eigenvalue weighted by atomic mass is 16.7. The predicted molar refractivity (Wildman–Crippen MR) is 63.2 cm³/mol. The van der Waals surface area contributed by atoms with Crippen LogP contribution in [0.15, 0.2) is 18.2 Å². The largest absolute Gasteiger partial charge is 0.454 e. The van der Waals surface area contributed by atoms with Crippen molar-refractivity contribution in [1.29, 1.82) is 0 Å². The molecular formula is C13H18O4. The van der Waals surface area contributed by atoms with Crippen molar-refractivity contribution in [1.82, 2.24) is 0 Å².